The van der Waals surface area contributed by atoms with E-state index in [4.69, 9.17) is 40.5 Å². The van der Waals surface area contributed by atoms with E-state index >= 15 is 0 Å². The summed E-state index contributed by atoms with van der Waals surface area (Å²) in [6, 6.07) is 0. The lowest BCUT2D eigenvalue weighted by Gasteiger charge is -1.83. The molecule has 0 saturated carbocycles. The predicted octanol–water partition coefficient (Wildman–Crippen LogP) is -2.76. The Morgan fingerprint density at radius 3 is 1.44 bits per heavy atom. The van der Waals surface area contributed by atoms with Gasteiger partial charge in [0.15, 0.2) is 0 Å². The Kier molecular flexibility index (Phi) is 10.0. The van der Waals surface area contributed by atoms with Crippen LogP contribution in [0.1, 0.15) is 6.42 Å². The molecule has 0 heterocycles. The van der Waals surface area contributed by atoms with Crippen molar-refractivity contribution in [3.05, 3.63) is 0 Å². The molecule has 0 aliphatic heterocycles. The molecular formula is C5H14N8O4S. The highest BCUT2D eigenvalue weighted by Crippen LogP contribution is 1.73. The first-order valence-electron chi connectivity index (χ1n) is 4.03. The largest absolute Gasteiger partial charge is 0.394 e. The molecule has 10 N–H and O–H groups in total. The molecule has 0 aromatic rings. The quantitative estimate of drug-likeness (QED) is 0.136. The van der Waals surface area contributed by atoms with Gasteiger partial charge in [0, 0.05) is 18.9 Å². The van der Waals surface area contributed by atoms with Gasteiger partial charge in [-0.3, -0.25) is 9.11 Å². The molecule has 0 unspecified atom stereocenters. The third-order valence-corrected chi connectivity index (χ3v) is 0.721. The molecule has 13 heteroatoms. The summed E-state index contributed by atoms with van der Waals surface area (Å²) < 4.78 is 31.6. The first-order chi connectivity index (χ1) is 8.13. The molecule has 0 aliphatic carbocycles. The summed E-state index contributed by atoms with van der Waals surface area (Å²) in [6.45, 7) is 0. The van der Waals surface area contributed by atoms with Crippen molar-refractivity contribution in [2.45, 2.75) is 6.42 Å². The topological polar surface area (TPSA) is 228 Å². The van der Waals surface area contributed by atoms with Gasteiger partial charge in [-0.1, -0.05) is 0 Å². The first-order valence-corrected chi connectivity index (χ1v) is 5.43. The van der Waals surface area contributed by atoms with Crippen LogP contribution in [0.25, 0.3) is 0 Å². The maximum atomic E-state index is 8.74. The van der Waals surface area contributed by atoms with Crippen molar-refractivity contribution in [3.63, 3.8) is 0 Å². The molecule has 0 aromatic carbocycles. The highest BCUT2D eigenvalue weighted by molar-refractivity contribution is 7.79. The van der Waals surface area contributed by atoms with Gasteiger partial charge in [0.05, 0.1) is 0 Å². The van der Waals surface area contributed by atoms with E-state index in [2.05, 4.69) is 20.4 Å². The highest BCUT2D eigenvalue weighted by atomic mass is 32.3. The zero-order chi connectivity index (χ0) is 14.6. The number of hydrogen-bond donors (Lipinski definition) is 6. The smallest absolute Gasteiger partial charge is 0.369 e. The van der Waals surface area contributed by atoms with Gasteiger partial charge < -0.3 is 22.9 Å². The van der Waals surface area contributed by atoms with E-state index in [1.54, 1.807) is 0 Å². The van der Waals surface area contributed by atoms with Gasteiger partial charge in [0.25, 0.3) is 0 Å². The van der Waals surface area contributed by atoms with E-state index in [9.17, 15) is 0 Å². The summed E-state index contributed by atoms with van der Waals surface area (Å²) >= 11 is 0. The van der Waals surface area contributed by atoms with Crippen molar-refractivity contribution in [2.75, 3.05) is 0 Å². The maximum Gasteiger partial charge on any atom is 0.394 e. The van der Waals surface area contributed by atoms with Gasteiger partial charge in [0.1, 0.15) is 0 Å². The summed E-state index contributed by atoms with van der Waals surface area (Å²) in [6.07, 6.45) is 3.34. The molecule has 0 atom stereocenters. The lowest BCUT2D eigenvalue weighted by molar-refractivity contribution is 0.381. The van der Waals surface area contributed by atoms with E-state index < -0.39 is 10.4 Å². The van der Waals surface area contributed by atoms with Gasteiger partial charge in [-0.25, -0.2) is 0 Å². The number of nitrogens with zero attached hydrogens (tertiary/aromatic N) is 4. The molecule has 0 fully saturated rings. The number of rotatable bonds is 4. The summed E-state index contributed by atoms with van der Waals surface area (Å²) in [5, 5.41) is 13.7. The summed E-state index contributed by atoms with van der Waals surface area (Å²) in [4.78, 5) is 0. The molecule has 0 aliphatic rings. The van der Waals surface area contributed by atoms with Gasteiger partial charge in [0.2, 0.25) is 11.9 Å². The lowest BCUT2D eigenvalue weighted by Crippen LogP contribution is -2.21. The molecule has 0 aromatic heterocycles. The van der Waals surface area contributed by atoms with Gasteiger partial charge in [-0.2, -0.15) is 18.6 Å². The van der Waals surface area contributed by atoms with Crippen molar-refractivity contribution in [3.8, 4) is 0 Å². The van der Waals surface area contributed by atoms with Crippen LogP contribution in [0.5, 0.6) is 0 Å². The predicted molar refractivity (Wildman–Crippen MR) is 67.4 cm³/mol. The van der Waals surface area contributed by atoms with Crippen molar-refractivity contribution >= 4 is 34.7 Å². The summed E-state index contributed by atoms with van der Waals surface area (Å²) in [7, 11) is -4.67. The van der Waals surface area contributed by atoms with E-state index in [1.807, 2.05) is 0 Å². The molecule has 0 rings (SSSR count). The zero-order valence-corrected chi connectivity index (χ0v) is 9.90. The molecule has 0 saturated heterocycles. The van der Waals surface area contributed by atoms with Crippen LogP contribution in [0.3, 0.4) is 0 Å². The van der Waals surface area contributed by atoms with Crippen molar-refractivity contribution < 1.29 is 17.5 Å². The van der Waals surface area contributed by atoms with Crippen LogP contribution in [0.2, 0.25) is 0 Å². The van der Waals surface area contributed by atoms with Gasteiger partial charge in [-0.15, -0.1) is 10.2 Å². The number of guanidine groups is 2. The van der Waals surface area contributed by atoms with Crippen molar-refractivity contribution in [1.82, 2.24) is 0 Å². The molecule has 18 heavy (non-hydrogen) atoms. The molecule has 0 radical (unpaired) electrons. The standard InChI is InChI=1S/C5H12N8.H2O4S/c6-4(7)12-10-2-1-3-11-13-5(8)9;1-5(2,3)4/h2-3H,1H2,(H4,6,7,12)(H4,8,9,13);(H2,1,2,3,4)/b10-2-,11-3+;. The second kappa shape index (κ2) is 9.94. The van der Waals surface area contributed by atoms with Crippen LogP contribution < -0.4 is 22.9 Å². The second-order valence-electron chi connectivity index (χ2n) is 2.33. The van der Waals surface area contributed by atoms with Gasteiger partial charge >= 0.3 is 10.4 Å². The Labute approximate surface area is 103 Å². The number of nitrogens with two attached hydrogens (primary N) is 4. The van der Waals surface area contributed by atoms with Crippen LogP contribution >= 0.6 is 0 Å². The van der Waals surface area contributed by atoms with Crippen molar-refractivity contribution in [2.24, 2.45) is 43.3 Å². The van der Waals surface area contributed by atoms with E-state index in [-0.39, 0.29) is 11.9 Å². The minimum absolute atomic E-state index is 0.0996. The fourth-order valence-corrected chi connectivity index (χ4v) is 0.356. The van der Waals surface area contributed by atoms with Crippen LogP contribution in [0, 0.1) is 0 Å². The SMILES string of the molecule is NC(N)=N/N=C\C/C=N/N=C(N)N.O=S(=O)(O)O. The first kappa shape index (κ1) is 18.1. The van der Waals surface area contributed by atoms with Crippen LogP contribution in [0.15, 0.2) is 20.4 Å². The maximum absolute atomic E-state index is 8.74. The Hall–Kier alpha value is -2.25. The Morgan fingerprint density at radius 2 is 1.22 bits per heavy atom. The molecular weight excluding hydrogens is 268 g/mol. The Balaban J connectivity index is 0. The average Bonchev–Trinajstić information content (AvgIpc) is 2.12. The summed E-state index contributed by atoms with van der Waals surface area (Å²) in [5.74, 6) is -0.199. The lowest BCUT2D eigenvalue weighted by atomic mass is 10.5. The van der Waals surface area contributed by atoms with Crippen LogP contribution in [-0.2, 0) is 10.4 Å². The third-order valence-electron chi connectivity index (χ3n) is 0.721. The molecule has 104 valence electrons. The van der Waals surface area contributed by atoms with E-state index in [1.165, 1.54) is 12.4 Å². The highest BCUT2D eigenvalue weighted by Gasteiger charge is 1.84. The Bertz CT molecular complexity index is 396. The fourth-order valence-electron chi connectivity index (χ4n) is 0.356. The average molecular weight is 282 g/mol. The minimum Gasteiger partial charge on any atom is -0.369 e. The van der Waals surface area contributed by atoms with Crippen molar-refractivity contribution in [1.29, 1.82) is 0 Å². The molecule has 0 bridgehead atoms. The van der Waals surface area contributed by atoms with Crippen LogP contribution in [-0.4, -0.2) is 41.9 Å². The monoisotopic (exact) mass is 282 g/mol. The van der Waals surface area contributed by atoms with Gasteiger partial charge in [-0.05, 0) is 0 Å². The summed E-state index contributed by atoms with van der Waals surface area (Å²) in [5.41, 5.74) is 20.0. The van der Waals surface area contributed by atoms with E-state index in [0.29, 0.717) is 6.42 Å². The van der Waals surface area contributed by atoms with Crippen LogP contribution in [0.4, 0.5) is 0 Å². The number of hydrogen-bond acceptors (Lipinski definition) is 6. The molecule has 0 spiro atoms. The normalized spacial score (nSPS) is 10.8. The minimum atomic E-state index is -4.67. The molecule has 12 nitrogen and oxygen atoms in total. The third kappa shape index (κ3) is 37.2. The Morgan fingerprint density at radius 1 is 0.944 bits per heavy atom. The fraction of sp³-hybridized carbons (Fsp3) is 0.200. The molecule has 0 amide bonds. The second-order valence-corrected chi connectivity index (χ2v) is 3.23. The zero-order valence-electron chi connectivity index (χ0n) is 9.08. The van der Waals surface area contributed by atoms with E-state index in [0.717, 1.165) is 0 Å².